The van der Waals surface area contributed by atoms with Crippen molar-refractivity contribution in [3.8, 4) is 11.6 Å². The van der Waals surface area contributed by atoms with Gasteiger partial charge in [-0.15, -0.1) is 0 Å². The third-order valence-corrected chi connectivity index (χ3v) is 3.45. The highest BCUT2D eigenvalue weighted by atomic mass is 127. The van der Waals surface area contributed by atoms with E-state index in [0.29, 0.717) is 16.9 Å². The van der Waals surface area contributed by atoms with Crippen molar-refractivity contribution in [3.63, 3.8) is 0 Å². The van der Waals surface area contributed by atoms with Crippen LogP contribution < -0.4 is 4.74 Å². The maximum Gasteiger partial charge on any atom is 0.226 e. The zero-order valence-electron chi connectivity index (χ0n) is 10.1. The number of aryl methyl sites for hydroxylation is 1. The van der Waals surface area contributed by atoms with Gasteiger partial charge in [-0.3, -0.25) is 0 Å². The van der Waals surface area contributed by atoms with Gasteiger partial charge >= 0.3 is 0 Å². The highest BCUT2D eigenvalue weighted by Crippen LogP contribution is 2.27. The van der Waals surface area contributed by atoms with E-state index in [1.54, 1.807) is 0 Å². The smallest absolute Gasteiger partial charge is 0.226 e. The Bertz CT molecular complexity index is 575. The van der Waals surface area contributed by atoms with Crippen molar-refractivity contribution in [2.45, 2.75) is 20.3 Å². The summed E-state index contributed by atoms with van der Waals surface area (Å²) in [6, 6.07) is 7.78. The van der Waals surface area contributed by atoms with Crippen LogP contribution in [0.25, 0.3) is 0 Å². The maximum absolute atomic E-state index is 6.06. The van der Waals surface area contributed by atoms with Gasteiger partial charge in [-0.05, 0) is 47.7 Å². The molecular weight excluding hydrogens is 363 g/mol. The first-order chi connectivity index (χ1) is 8.60. The first kappa shape index (κ1) is 13.5. The van der Waals surface area contributed by atoms with Crippen molar-refractivity contribution < 1.29 is 4.74 Å². The van der Waals surface area contributed by atoms with Gasteiger partial charge in [0.1, 0.15) is 16.7 Å². The second kappa shape index (κ2) is 5.84. The number of halogens is 2. The molecule has 0 aliphatic heterocycles. The zero-order chi connectivity index (χ0) is 13.1. The molecule has 2 aromatic rings. The van der Waals surface area contributed by atoms with Crippen LogP contribution in [-0.4, -0.2) is 9.97 Å². The predicted molar refractivity (Wildman–Crippen MR) is 80.4 cm³/mol. The Morgan fingerprint density at radius 1 is 1.33 bits per heavy atom. The highest BCUT2D eigenvalue weighted by molar-refractivity contribution is 14.1. The second-order valence-electron chi connectivity index (χ2n) is 3.77. The number of benzene rings is 1. The third kappa shape index (κ3) is 3.11. The van der Waals surface area contributed by atoms with Gasteiger partial charge in [-0.2, -0.15) is 4.98 Å². The van der Waals surface area contributed by atoms with E-state index in [4.69, 9.17) is 16.3 Å². The minimum absolute atomic E-state index is 0.447. The van der Waals surface area contributed by atoms with Crippen molar-refractivity contribution >= 4 is 34.2 Å². The van der Waals surface area contributed by atoms with Gasteiger partial charge in [0, 0.05) is 15.6 Å². The molecule has 94 valence electrons. The fourth-order valence-electron chi connectivity index (χ4n) is 1.41. The van der Waals surface area contributed by atoms with Crippen LogP contribution in [0.15, 0.2) is 24.3 Å². The first-order valence-corrected chi connectivity index (χ1v) is 7.02. The second-order valence-corrected chi connectivity index (χ2v) is 5.38. The van der Waals surface area contributed by atoms with E-state index >= 15 is 0 Å². The fourth-order valence-corrected chi connectivity index (χ4v) is 2.10. The molecule has 0 radical (unpaired) electrons. The number of ether oxygens (including phenoxy) is 1. The molecule has 1 aromatic carbocycles. The van der Waals surface area contributed by atoms with Crippen LogP contribution in [0, 0.1) is 10.5 Å². The number of nitrogens with zero attached hydrogens (tertiary/aromatic N) is 2. The number of hydrogen-bond donors (Lipinski definition) is 0. The Morgan fingerprint density at radius 2 is 2.11 bits per heavy atom. The summed E-state index contributed by atoms with van der Waals surface area (Å²) < 4.78 is 6.88. The number of hydrogen-bond acceptors (Lipinski definition) is 3. The Kier molecular flexibility index (Phi) is 4.40. The molecule has 0 fully saturated rings. The van der Waals surface area contributed by atoms with Crippen molar-refractivity contribution in [2.75, 3.05) is 0 Å². The summed E-state index contributed by atoms with van der Waals surface area (Å²) in [5.41, 5.74) is 0.757. The zero-order valence-corrected chi connectivity index (χ0v) is 13.0. The quantitative estimate of drug-likeness (QED) is 0.590. The van der Waals surface area contributed by atoms with E-state index in [2.05, 4.69) is 32.6 Å². The Morgan fingerprint density at radius 3 is 2.78 bits per heavy atom. The molecule has 2 rings (SSSR count). The number of aromatic nitrogens is 2. The molecule has 5 heteroatoms. The topological polar surface area (TPSA) is 35.0 Å². The molecule has 0 atom stereocenters. The lowest BCUT2D eigenvalue weighted by atomic mass is 10.3. The average Bonchev–Trinajstić information content (AvgIpc) is 2.34. The SMILES string of the molecule is CCc1nc(Cl)c(C)c(Oc2cccc(I)c2)n1. The molecule has 1 heterocycles. The van der Waals surface area contributed by atoms with Gasteiger partial charge in [0.2, 0.25) is 5.88 Å². The third-order valence-electron chi connectivity index (χ3n) is 2.41. The van der Waals surface area contributed by atoms with Crippen molar-refractivity contribution in [3.05, 3.63) is 44.4 Å². The minimum atomic E-state index is 0.447. The van der Waals surface area contributed by atoms with Gasteiger partial charge in [0.05, 0.1) is 0 Å². The van der Waals surface area contributed by atoms with Gasteiger partial charge < -0.3 is 4.74 Å². The molecule has 0 N–H and O–H groups in total. The lowest BCUT2D eigenvalue weighted by Crippen LogP contribution is -2.00. The van der Waals surface area contributed by atoms with Gasteiger partial charge in [0.25, 0.3) is 0 Å². The van der Waals surface area contributed by atoms with E-state index in [-0.39, 0.29) is 0 Å². The van der Waals surface area contributed by atoms with E-state index in [1.165, 1.54) is 0 Å². The Balaban J connectivity index is 2.36. The summed E-state index contributed by atoms with van der Waals surface area (Å²) in [5.74, 6) is 1.96. The predicted octanol–water partition coefficient (Wildman–Crippen LogP) is 4.40. The van der Waals surface area contributed by atoms with Gasteiger partial charge in [-0.1, -0.05) is 24.6 Å². The van der Waals surface area contributed by atoms with E-state index in [1.807, 2.05) is 38.1 Å². The maximum atomic E-state index is 6.06. The van der Waals surface area contributed by atoms with Gasteiger partial charge in [-0.25, -0.2) is 4.98 Å². The molecule has 0 amide bonds. The van der Waals surface area contributed by atoms with Crippen LogP contribution in [0.3, 0.4) is 0 Å². The van der Waals surface area contributed by atoms with Crippen LogP contribution >= 0.6 is 34.2 Å². The van der Waals surface area contributed by atoms with E-state index < -0.39 is 0 Å². The summed E-state index contributed by atoms with van der Waals surface area (Å²) in [6.07, 6.45) is 0.725. The lowest BCUT2D eigenvalue weighted by molar-refractivity contribution is 0.454. The summed E-state index contributed by atoms with van der Waals surface area (Å²) in [6.45, 7) is 3.83. The molecular formula is C13H12ClIN2O. The molecule has 0 saturated carbocycles. The standard InChI is InChI=1S/C13H12ClIN2O/c1-3-11-16-12(14)8(2)13(17-11)18-10-6-4-5-9(15)7-10/h4-7H,3H2,1-2H3. The molecule has 0 spiro atoms. The largest absolute Gasteiger partial charge is 0.439 e. The first-order valence-electron chi connectivity index (χ1n) is 5.56. The average molecular weight is 375 g/mol. The minimum Gasteiger partial charge on any atom is -0.439 e. The monoisotopic (exact) mass is 374 g/mol. The van der Waals surface area contributed by atoms with Crippen molar-refractivity contribution in [2.24, 2.45) is 0 Å². The summed E-state index contributed by atoms with van der Waals surface area (Å²) in [4.78, 5) is 8.54. The summed E-state index contributed by atoms with van der Waals surface area (Å²) in [7, 11) is 0. The molecule has 0 bridgehead atoms. The molecule has 1 aromatic heterocycles. The fraction of sp³-hybridized carbons (Fsp3) is 0.231. The number of rotatable bonds is 3. The van der Waals surface area contributed by atoms with Gasteiger partial charge in [0.15, 0.2) is 0 Å². The summed E-state index contributed by atoms with van der Waals surface area (Å²) in [5, 5.41) is 0.447. The lowest BCUT2D eigenvalue weighted by Gasteiger charge is -2.10. The Hall–Kier alpha value is -0.880. The van der Waals surface area contributed by atoms with Crippen LogP contribution in [-0.2, 0) is 6.42 Å². The van der Waals surface area contributed by atoms with E-state index in [0.717, 1.165) is 21.3 Å². The van der Waals surface area contributed by atoms with Crippen molar-refractivity contribution in [1.82, 2.24) is 9.97 Å². The summed E-state index contributed by atoms with van der Waals surface area (Å²) >= 11 is 8.30. The van der Waals surface area contributed by atoms with Crippen LogP contribution in [0.5, 0.6) is 11.6 Å². The van der Waals surface area contributed by atoms with Crippen molar-refractivity contribution in [1.29, 1.82) is 0 Å². The van der Waals surface area contributed by atoms with Crippen LogP contribution in [0.2, 0.25) is 5.15 Å². The Labute approximate surface area is 125 Å². The normalized spacial score (nSPS) is 10.4. The molecule has 3 nitrogen and oxygen atoms in total. The van der Waals surface area contributed by atoms with E-state index in [9.17, 15) is 0 Å². The molecule has 0 saturated heterocycles. The van der Waals surface area contributed by atoms with Crippen LogP contribution in [0.1, 0.15) is 18.3 Å². The highest BCUT2D eigenvalue weighted by Gasteiger charge is 2.10. The molecule has 18 heavy (non-hydrogen) atoms. The molecule has 0 aliphatic carbocycles. The molecule has 0 unspecified atom stereocenters. The van der Waals surface area contributed by atoms with Crippen LogP contribution in [0.4, 0.5) is 0 Å². The molecule has 0 aliphatic rings.